The number of benzene rings is 11. The lowest BCUT2D eigenvalue weighted by Crippen LogP contribution is -2.25. The van der Waals surface area contributed by atoms with Crippen LogP contribution in [0.1, 0.15) is 0 Å². The van der Waals surface area contributed by atoms with E-state index < -0.39 is 14.3 Å². The van der Waals surface area contributed by atoms with Crippen LogP contribution in [0.2, 0.25) is 0 Å². The number of hydrogen-bond donors (Lipinski definition) is 0. The summed E-state index contributed by atoms with van der Waals surface area (Å²) in [6.07, 6.45) is 9.15. The molecule has 85 heavy (non-hydrogen) atoms. The minimum absolute atomic E-state index is 0.757. The van der Waals surface area contributed by atoms with Crippen molar-refractivity contribution in [1.29, 1.82) is 0 Å². The molecule has 5 heterocycles. The van der Waals surface area contributed by atoms with Crippen molar-refractivity contribution in [2.24, 2.45) is 0 Å². The Labute approximate surface area is 488 Å². The van der Waals surface area contributed by atoms with Gasteiger partial charge in [-0.3, -0.25) is 22.8 Å². The zero-order valence-corrected chi connectivity index (χ0v) is 47.3. The molecule has 12 nitrogen and oxygen atoms in total. The minimum atomic E-state index is -3.29. The van der Waals surface area contributed by atoms with Crippen molar-refractivity contribution >= 4 is 101 Å². The smallest absolute Gasteiger partial charge is 0.171 e. The molecule has 16 aromatic rings. The zero-order valence-electron chi connectivity index (χ0n) is 45.6. The molecular weight excluding hydrogens is 1090 g/mol. The second-order valence-electron chi connectivity index (χ2n) is 20.7. The van der Waals surface area contributed by atoms with Gasteiger partial charge in [-0.15, -0.1) is 0 Å². The molecule has 0 fully saturated rings. The van der Waals surface area contributed by atoms with Gasteiger partial charge in [0, 0.05) is 60.3 Å². The number of para-hydroxylation sites is 10. The Morgan fingerprint density at radius 1 is 0.200 bits per heavy atom. The van der Waals surface area contributed by atoms with Gasteiger partial charge in [-0.05, 0) is 182 Å². The van der Waals surface area contributed by atoms with E-state index in [2.05, 4.69) is 78.1 Å². The maximum absolute atomic E-state index is 15.6. The molecule has 14 heteroatoms. The highest BCUT2D eigenvalue weighted by atomic mass is 31.2. The number of imidazole rings is 5. The molecular formula is C71H50N10O2P2. The molecule has 0 unspecified atom stereocenters. The molecule has 0 spiro atoms. The van der Waals surface area contributed by atoms with E-state index in [0.29, 0.717) is 0 Å². The van der Waals surface area contributed by atoms with Gasteiger partial charge in [-0.25, -0.2) is 24.9 Å². The standard InChI is InChI=1S/C39H27N6OP.C32H23N4OP/c46-47(31-19-13-28(14-20-31)43-25-40-34-7-1-4-10-37(34)43,32-21-15-29(16-22-32)44-26-41-35-8-2-5-11-38(35)44)33-23-17-30(18-24-33)45-27-42-36-9-3-6-12-39(36)45;37-38(26-8-2-1-3-9-26,27-18-14-24(15-19-27)35-22-33-29-10-4-6-12-31(29)35)28-20-16-25(17-21-28)36-23-34-30-11-5-7-13-32(30)36/h1-27H;1-23H. The number of rotatable bonds is 11. The third-order valence-electron chi connectivity index (χ3n) is 15.8. The van der Waals surface area contributed by atoms with Crippen LogP contribution in [0.4, 0.5) is 0 Å². The van der Waals surface area contributed by atoms with Gasteiger partial charge >= 0.3 is 0 Å². The topological polar surface area (TPSA) is 123 Å². The number of hydrogen-bond acceptors (Lipinski definition) is 7. The Kier molecular flexibility index (Phi) is 12.8. The second kappa shape index (κ2) is 21.2. The van der Waals surface area contributed by atoms with E-state index in [-0.39, 0.29) is 0 Å². The fraction of sp³-hybridized carbons (Fsp3) is 0. The molecule has 0 atom stereocenters. The SMILES string of the molecule is O=P(c1ccc(-n2cnc3ccccc32)cc1)(c1ccc(-n2cnc3ccccc32)cc1)c1ccc(-n2cnc3ccccc32)cc1.O=P(c1ccccc1)(c1ccc(-n2cnc3ccccc32)cc1)c1ccc(-n2cnc3ccccc32)cc1. The average Bonchev–Trinajstić information content (AvgIpc) is 4.15. The normalized spacial score (nSPS) is 11.9. The summed E-state index contributed by atoms with van der Waals surface area (Å²) in [5.41, 5.74) is 14.6. The van der Waals surface area contributed by atoms with Crippen LogP contribution in [0.15, 0.2) is 305 Å². The number of aromatic nitrogens is 10. The summed E-state index contributed by atoms with van der Waals surface area (Å²) in [5, 5.41) is 4.66. The van der Waals surface area contributed by atoms with Gasteiger partial charge in [-0.1, -0.05) is 91.0 Å². The molecule has 0 radical (unpaired) electrons. The first-order valence-corrected chi connectivity index (χ1v) is 31.2. The van der Waals surface area contributed by atoms with Crippen LogP contribution in [0.25, 0.3) is 83.6 Å². The monoisotopic (exact) mass is 1140 g/mol. The van der Waals surface area contributed by atoms with E-state index >= 15 is 9.13 Å². The molecule has 0 aliphatic carbocycles. The number of fused-ring (bicyclic) bond motifs is 5. The Bertz CT molecular complexity index is 4770. The van der Waals surface area contributed by atoms with E-state index in [1.54, 1.807) is 0 Å². The minimum Gasteiger partial charge on any atom is -0.309 e. The first-order chi connectivity index (χ1) is 41.9. The third-order valence-corrected chi connectivity index (χ3v) is 22.0. The van der Waals surface area contributed by atoms with Gasteiger partial charge in [0.25, 0.3) is 0 Å². The van der Waals surface area contributed by atoms with Crippen LogP contribution in [0.3, 0.4) is 0 Å². The van der Waals surface area contributed by atoms with Gasteiger partial charge < -0.3 is 9.13 Å². The summed E-state index contributed by atoms with van der Waals surface area (Å²) in [6, 6.07) is 90.0. The molecule has 0 bridgehead atoms. The molecule has 0 saturated heterocycles. The summed E-state index contributed by atoms with van der Waals surface area (Å²) in [7, 11) is -6.40. The fourth-order valence-corrected chi connectivity index (χ4v) is 16.7. The zero-order chi connectivity index (χ0) is 56.9. The Morgan fingerprint density at radius 2 is 0.376 bits per heavy atom. The van der Waals surface area contributed by atoms with Crippen LogP contribution in [0, 0.1) is 0 Å². The summed E-state index contributed by atoms with van der Waals surface area (Å²) in [4.78, 5) is 22.7. The van der Waals surface area contributed by atoms with Gasteiger partial charge in [0.1, 0.15) is 31.6 Å². The van der Waals surface area contributed by atoms with Crippen LogP contribution >= 0.6 is 14.3 Å². The Hall–Kier alpha value is -10.8. The Balaban J connectivity index is 0.000000147. The van der Waals surface area contributed by atoms with Gasteiger partial charge in [0.15, 0.2) is 14.3 Å². The maximum atomic E-state index is 15.6. The molecule has 0 saturated carbocycles. The van der Waals surface area contributed by atoms with Crippen LogP contribution in [-0.2, 0) is 9.13 Å². The predicted molar refractivity (Wildman–Crippen MR) is 345 cm³/mol. The van der Waals surface area contributed by atoms with E-state index in [4.69, 9.17) is 0 Å². The van der Waals surface area contributed by atoms with Gasteiger partial charge in [0.2, 0.25) is 0 Å². The maximum Gasteiger partial charge on any atom is 0.171 e. The largest absolute Gasteiger partial charge is 0.309 e. The molecule has 406 valence electrons. The van der Waals surface area contributed by atoms with Crippen molar-refractivity contribution in [1.82, 2.24) is 47.8 Å². The van der Waals surface area contributed by atoms with E-state index in [9.17, 15) is 0 Å². The van der Waals surface area contributed by atoms with E-state index in [1.807, 2.05) is 274 Å². The quantitative estimate of drug-likeness (QED) is 0.118. The summed E-state index contributed by atoms with van der Waals surface area (Å²) < 4.78 is 40.9. The summed E-state index contributed by atoms with van der Waals surface area (Å²) >= 11 is 0. The van der Waals surface area contributed by atoms with Crippen molar-refractivity contribution < 1.29 is 9.13 Å². The fourth-order valence-electron chi connectivity index (χ4n) is 11.5. The lowest BCUT2D eigenvalue weighted by molar-refractivity contribution is 0.591. The van der Waals surface area contributed by atoms with E-state index in [1.165, 1.54) is 0 Å². The lowest BCUT2D eigenvalue weighted by Gasteiger charge is -2.21. The lowest BCUT2D eigenvalue weighted by atomic mass is 10.3. The highest BCUT2D eigenvalue weighted by Gasteiger charge is 2.32. The van der Waals surface area contributed by atoms with Crippen molar-refractivity contribution in [2.75, 3.05) is 0 Å². The van der Waals surface area contributed by atoms with Crippen molar-refractivity contribution in [3.63, 3.8) is 0 Å². The second-order valence-corrected chi connectivity index (χ2v) is 26.2. The highest BCUT2D eigenvalue weighted by Crippen LogP contribution is 2.44. The average molecular weight is 1140 g/mol. The third kappa shape index (κ3) is 9.00. The first-order valence-electron chi connectivity index (χ1n) is 27.8. The Morgan fingerprint density at radius 3 is 0.588 bits per heavy atom. The van der Waals surface area contributed by atoms with Crippen molar-refractivity contribution in [3.05, 3.63) is 305 Å². The van der Waals surface area contributed by atoms with Crippen LogP contribution < -0.4 is 31.8 Å². The molecule has 0 N–H and O–H groups in total. The molecule has 0 amide bonds. The molecule has 16 rings (SSSR count). The van der Waals surface area contributed by atoms with Crippen molar-refractivity contribution in [2.45, 2.75) is 0 Å². The highest BCUT2D eigenvalue weighted by molar-refractivity contribution is 7.85. The molecule has 5 aromatic heterocycles. The van der Waals surface area contributed by atoms with Gasteiger partial charge in [-0.2, -0.15) is 0 Å². The summed E-state index contributed by atoms with van der Waals surface area (Å²) in [6.45, 7) is 0. The molecule has 0 aliphatic rings. The van der Waals surface area contributed by atoms with Crippen molar-refractivity contribution in [3.8, 4) is 28.4 Å². The van der Waals surface area contributed by atoms with Crippen LogP contribution in [0.5, 0.6) is 0 Å². The first kappa shape index (κ1) is 51.1. The molecule has 0 aliphatic heterocycles. The molecule has 11 aromatic carbocycles. The predicted octanol–water partition coefficient (Wildman–Crippen LogP) is 13.3. The summed E-state index contributed by atoms with van der Waals surface area (Å²) in [5.74, 6) is 0. The number of nitrogens with zero attached hydrogens (tertiary/aromatic N) is 10. The van der Waals surface area contributed by atoms with Crippen LogP contribution in [-0.4, -0.2) is 47.8 Å². The van der Waals surface area contributed by atoms with Gasteiger partial charge in [0.05, 0.1) is 55.2 Å². The van der Waals surface area contributed by atoms with E-state index in [0.717, 1.165) is 115 Å².